The van der Waals surface area contributed by atoms with E-state index in [0.29, 0.717) is 10.8 Å². The first-order valence-electron chi connectivity index (χ1n) is 6.12. The molecule has 0 bridgehead atoms. The molecular weight excluding hydrogens is 262 g/mol. The monoisotopic (exact) mass is 285 g/mol. The molecule has 2 nitrogen and oxygen atoms in total. The highest BCUT2D eigenvalue weighted by Crippen LogP contribution is 2.24. The van der Waals surface area contributed by atoms with Gasteiger partial charge in [-0.1, -0.05) is 20.8 Å². The van der Waals surface area contributed by atoms with Gasteiger partial charge in [-0.15, -0.1) is 0 Å². The molecule has 18 heavy (non-hydrogen) atoms. The van der Waals surface area contributed by atoms with Crippen LogP contribution in [0.25, 0.3) is 0 Å². The minimum absolute atomic E-state index is 0.304. The Hall–Kier alpha value is -0.480. The van der Waals surface area contributed by atoms with Crippen molar-refractivity contribution in [2.45, 2.75) is 43.4 Å². The van der Waals surface area contributed by atoms with Crippen molar-refractivity contribution in [1.82, 2.24) is 0 Å². The largest absolute Gasteiger partial charge is 0.382 e. The van der Waals surface area contributed by atoms with Gasteiger partial charge in [-0.05, 0) is 31.2 Å². The maximum Gasteiger partial charge on any atom is 0.0498 e. The SMILES string of the molecule is CC(CSC(C)(C)C)Nc1ccc(S(C)=O)cc1. The Kier molecular flexibility index (Phi) is 5.73. The predicted molar refractivity (Wildman–Crippen MR) is 84.1 cm³/mol. The van der Waals surface area contributed by atoms with E-state index >= 15 is 0 Å². The van der Waals surface area contributed by atoms with Crippen LogP contribution < -0.4 is 5.32 Å². The van der Waals surface area contributed by atoms with Crippen molar-refractivity contribution in [3.63, 3.8) is 0 Å². The second-order valence-corrected chi connectivity index (χ2v) is 8.67. The highest BCUT2D eigenvalue weighted by Gasteiger charge is 2.12. The third-order valence-electron chi connectivity index (χ3n) is 2.37. The summed E-state index contributed by atoms with van der Waals surface area (Å²) in [6.07, 6.45) is 1.70. The van der Waals surface area contributed by atoms with Crippen LogP contribution in [0.15, 0.2) is 29.2 Å². The van der Waals surface area contributed by atoms with Gasteiger partial charge >= 0.3 is 0 Å². The summed E-state index contributed by atoms with van der Waals surface area (Å²) in [4.78, 5) is 0.872. The summed E-state index contributed by atoms with van der Waals surface area (Å²) < 4.78 is 11.6. The number of nitrogens with one attached hydrogen (secondary N) is 1. The number of benzene rings is 1. The lowest BCUT2D eigenvalue weighted by Gasteiger charge is -2.22. The van der Waals surface area contributed by atoms with Crippen LogP contribution in [-0.2, 0) is 10.8 Å². The Balaban J connectivity index is 2.49. The van der Waals surface area contributed by atoms with Crippen LogP contribution >= 0.6 is 11.8 Å². The molecule has 0 heterocycles. The molecule has 0 aliphatic rings. The molecule has 0 amide bonds. The van der Waals surface area contributed by atoms with Crippen LogP contribution in [0.5, 0.6) is 0 Å². The van der Waals surface area contributed by atoms with Crippen molar-refractivity contribution in [3.8, 4) is 0 Å². The Morgan fingerprint density at radius 2 is 1.83 bits per heavy atom. The maximum absolute atomic E-state index is 11.3. The summed E-state index contributed by atoms with van der Waals surface area (Å²) >= 11 is 1.96. The zero-order valence-corrected chi connectivity index (χ0v) is 13.5. The van der Waals surface area contributed by atoms with Gasteiger partial charge in [0.15, 0.2) is 0 Å². The van der Waals surface area contributed by atoms with E-state index < -0.39 is 10.8 Å². The van der Waals surface area contributed by atoms with E-state index in [4.69, 9.17) is 0 Å². The van der Waals surface area contributed by atoms with Gasteiger partial charge in [0.25, 0.3) is 0 Å². The molecule has 2 atom stereocenters. The zero-order valence-electron chi connectivity index (χ0n) is 11.8. The molecule has 4 heteroatoms. The van der Waals surface area contributed by atoms with Crippen LogP contribution in [0.3, 0.4) is 0 Å². The molecule has 1 aromatic carbocycles. The standard InChI is InChI=1S/C14H23NOS2/c1-11(10-17-14(2,3)4)15-12-6-8-13(9-7-12)18(5)16/h6-9,11,15H,10H2,1-5H3. The number of rotatable bonds is 5. The second kappa shape index (κ2) is 6.62. The summed E-state index contributed by atoms with van der Waals surface area (Å²) in [6.45, 7) is 8.88. The molecule has 0 aromatic heterocycles. The summed E-state index contributed by atoms with van der Waals surface area (Å²) in [5.41, 5.74) is 1.09. The number of anilines is 1. The molecule has 0 aliphatic carbocycles. The van der Waals surface area contributed by atoms with Crippen LogP contribution in [0.4, 0.5) is 5.69 Å². The molecule has 0 radical (unpaired) electrons. The van der Waals surface area contributed by atoms with Gasteiger partial charge in [0.05, 0.1) is 0 Å². The molecule has 102 valence electrons. The molecule has 1 aromatic rings. The van der Waals surface area contributed by atoms with Gasteiger partial charge in [0, 0.05) is 44.2 Å². The van der Waals surface area contributed by atoms with Gasteiger partial charge < -0.3 is 5.32 Å². The lowest BCUT2D eigenvalue weighted by molar-refractivity contribution is 0.687. The van der Waals surface area contributed by atoms with Crippen molar-refractivity contribution in [1.29, 1.82) is 0 Å². The Morgan fingerprint density at radius 1 is 1.28 bits per heavy atom. The average molecular weight is 285 g/mol. The first kappa shape index (κ1) is 15.6. The van der Waals surface area contributed by atoms with Crippen molar-refractivity contribution in [2.75, 3.05) is 17.3 Å². The van der Waals surface area contributed by atoms with E-state index in [1.165, 1.54) is 0 Å². The molecular formula is C14H23NOS2. The van der Waals surface area contributed by atoms with Crippen molar-refractivity contribution < 1.29 is 4.21 Å². The van der Waals surface area contributed by atoms with Crippen LogP contribution in [-0.4, -0.2) is 27.0 Å². The summed E-state index contributed by atoms with van der Waals surface area (Å²) in [7, 11) is -0.897. The van der Waals surface area contributed by atoms with Crippen molar-refractivity contribution in [2.24, 2.45) is 0 Å². The number of thioether (sulfide) groups is 1. The number of hydrogen-bond donors (Lipinski definition) is 1. The normalized spacial score (nSPS) is 15.2. The average Bonchev–Trinajstić information content (AvgIpc) is 2.26. The molecule has 0 saturated heterocycles. The maximum atomic E-state index is 11.3. The molecule has 0 fully saturated rings. The van der Waals surface area contributed by atoms with Crippen LogP contribution in [0, 0.1) is 0 Å². The predicted octanol–water partition coefficient (Wildman–Crippen LogP) is 3.76. The molecule has 1 N–H and O–H groups in total. The molecule has 0 saturated carbocycles. The quantitative estimate of drug-likeness (QED) is 0.893. The van der Waals surface area contributed by atoms with Gasteiger partial charge in [0.1, 0.15) is 0 Å². The number of hydrogen-bond acceptors (Lipinski definition) is 3. The topological polar surface area (TPSA) is 29.1 Å². The Morgan fingerprint density at radius 3 is 2.28 bits per heavy atom. The smallest absolute Gasteiger partial charge is 0.0498 e. The highest BCUT2D eigenvalue weighted by molar-refractivity contribution is 8.00. The third-order valence-corrected chi connectivity index (χ3v) is 4.83. The fraction of sp³-hybridized carbons (Fsp3) is 0.571. The first-order chi connectivity index (χ1) is 8.28. The fourth-order valence-corrected chi connectivity index (χ4v) is 2.80. The van der Waals surface area contributed by atoms with E-state index in [2.05, 4.69) is 33.0 Å². The molecule has 0 spiro atoms. The first-order valence-corrected chi connectivity index (χ1v) is 8.66. The van der Waals surface area contributed by atoms with Crippen molar-refractivity contribution >= 4 is 28.2 Å². The highest BCUT2D eigenvalue weighted by atomic mass is 32.2. The summed E-state index contributed by atoms with van der Waals surface area (Å²) in [6, 6.07) is 8.25. The Bertz CT molecular complexity index is 395. The van der Waals surface area contributed by atoms with E-state index in [9.17, 15) is 4.21 Å². The minimum atomic E-state index is -0.897. The lowest BCUT2D eigenvalue weighted by Crippen LogP contribution is -2.21. The van der Waals surface area contributed by atoms with Gasteiger partial charge in [-0.25, -0.2) is 0 Å². The molecule has 1 rings (SSSR count). The van der Waals surface area contributed by atoms with Gasteiger partial charge in [-0.2, -0.15) is 11.8 Å². The van der Waals surface area contributed by atoms with E-state index in [1.54, 1.807) is 6.26 Å². The zero-order chi connectivity index (χ0) is 13.8. The van der Waals surface area contributed by atoms with Gasteiger partial charge in [-0.3, -0.25) is 4.21 Å². The minimum Gasteiger partial charge on any atom is -0.382 e. The van der Waals surface area contributed by atoms with E-state index in [0.717, 1.165) is 16.3 Å². The lowest BCUT2D eigenvalue weighted by atomic mass is 10.3. The third kappa shape index (κ3) is 5.91. The van der Waals surface area contributed by atoms with Gasteiger partial charge in [0.2, 0.25) is 0 Å². The summed E-state index contributed by atoms with van der Waals surface area (Å²) in [5.74, 6) is 1.07. The van der Waals surface area contributed by atoms with E-state index in [-0.39, 0.29) is 0 Å². The summed E-state index contributed by atoms with van der Waals surface area (Å²) in [5, 5.41) is 3.46. The molecule has 0 aliphatic heterocycles. The second-order valence-electron chi connectivity index (χ2n) is 5.45. The molecule has 2 unspecified atom stereocenters. The van der Waals surface area contributed by atoms with Crippen molar-refractivity contribution in [3.05, 3.63) is 24.3 Å². The van der Waals surface area contributed by atoms with E-state index in [1.807, 2.05) is 36.0 Å². The van der Waals surface area contributed by atoms with Crippen LogP contribution in [0.2, 0.25) is 0 Å². The fourth-order valence-electron chi connectivity index (χ4n) is 1.44. The van der Waals surface area contributed by atoms with Crippen LogP contribution in [0.1, 0.15) is 27.7 Å². The Labute approximate surface area is 117 Å².